The van der Waals surface area contributed by atoms with Gasteiger partial charge in [-0.3, -0.25) is 4.98 Å². The molecule has 0 spiro atoms. The second-order valence-corrected chi connectivity index (χ2v) is 6.06. The van der Waals surface area contributed by atoms with Crippen molar-refractivity contribution in [2.75, 3.05) is 0 Å². The third-order valence-corrected chi connectivity index (χ3v) is 4.18. The predicted molar refractivity (Wildman–Crippen MR) is 90.7 cm³/mol. The molecule has 0 amide bonds. The van der Waals surface area contributed by atoms with E-state index in [0.29, 0.717) is 33.9 Å². The zero-order chi connectivity index (χ0) is 15.8. The third-order valence-electron chi connectivity index (χ3n) is 3.42. The lowest BCUT2D eigenvalue weighted by molar-refractivity contribution is -0.640. The molecule has 0 aliphatic rings. The van der Waals surface area contributed by atoms with Crippen LogP contribution in [-0.2, 0) is 6.61 Å². The fourth-order valence-electron chi connectivity index (χ4n) is 2.30. The molecule has 0 N–H and O–H groups in total. The van der Waals surface area contributed by atoms with E-state index in [1.54, 1.807) is 41.3 Å². The second kappa shape index (κ2) is 5.61. The highest BCUT2D eigenvalue weighted by Gasteiger charge is 2.15. The number of benzene rings is 1. The van der Waals surface area contributed by atoms with Crippen LogP contribution in [-0.4, -0.2) is 19.7 Å². The van der Waals surface area contributed by atoms with Crippen molar-refractivity contribution in [3.63, 3.8) is 0 Å². The van der Waals surface area contributed by atoms with Gasteiger partial charge in [-0.2, -0.15) is 5.10 Å². The zero-order valence-corrected chi connectivity index (χ0v) is 13.9. The Morgan fingerprint density at radius 1 is 1.22 bits per heavy atom. The van der Waals surface area contributed by atoms with E-state index in [4.69, 9.17) is 4.74 Å². The molecule has 0 bridgehead atoms. The van der Waals surface area contributed by atoms with Crippen molar-refractivity contribution in [1.82, 2.24) is 19.7 Å². The van der Waals surface area contributed by atoms with Crippen molar-refractivity contribution in [2.24, 2.45) is 0 Å². The van der Waals surface area contributed by atoms with E-state index in [1.807, 2.05) is 12.1 Å². The molecule has 114 valence electrons. The van der Waals surface area contributed by atoms with Crippen LogP contribution in [0, 0.1) is 8.78 Å². The minimum absolute atomic E-state index is 0.427. The van der Waals surface area contributed by atoms with Crippen LogP contribution in [0.4, 0.5) is 0 Å². The average Bonchev–Trinajstić information content (AvgIpc) is 2.95. The first-order valence-electron chi connectivity index (χ1n) is 6.81. The lowest BCUT2D eigenvalue weighted by Crippen LogP contribution is -2.33. The molecule has 1 aromatic carbocycles. The van der Waals surface area contributed by atoms with Gasteiger partial charge < -0.3 is 9.94 Å². The van der Waals surface area contributed by atoms with Gasteiger partial charge in [0.15, 0.2) is 0 Å². The molecule has 3 heterocycles. The molecule has 0 radical (unpaired) electrons. The minimum atomic E-state index is 0.427. The minimum Gasteiger partial charge on any atom is -0.594 e. The molecule has 0 fully saturated rings. The predicted octanol–water partition coefficient (Wildman–Crippen LogP) is 2.09. The maximum absolute atomic E-state index is 12.0. The molecule has 23 heavy (non-hydrogen) atoms. The fourth-order valence-corrected chi connectivity index (χ4v) is 2.76. The van der Waals surface area contributed by atoms with E-state index in [9.17, 15) is 5.21 Å². The van der Waals surface area contributed by atoms with Crippen LogP contribution in [0.3, 0.4) is 0 Å². The zero-order valence-electron chi connectivity index (χ0n) is 11.8. The fraction of sp³-hybridized carbons (Fsp3) is 0.0667. The lowest BCUT2D eigenvalue weighted by atomic mass is 10.2. The highest BCUT2D eigenvalue weighted by molar-refractivity contribution is 14.1. The van der Waals surface area contributed by atoms with Gasteiger partial charge in [0.1, 0.15) is 17.9 Å². The number of pyridine rings is 1. The number of fused-ring (bicyclic) bond motifs is 3. The van der Waals surface area contributed by atoms with Crippen LogP contribution >= 0.6 is 22.6 Å². The number of aromatic nitrogens is 5. The molecule has 0 aliphatic carbocycles. The van der Waals surface area contributed by atoms with Gasteiger partial charge in [0.25, 0.3) is 5.52 Å². The van der Waals surface area contributed by atoms with Crippen molar-refractivity contribution >= 4 is 39.3 Å². The molecule has 4 rings (SSSR count). The highest BCUT2D eigenvalue weighted by Crippen LogP contribution is 2.21. The molecule has 0 aliphatic heterocycles. The van der Waals surface area contributed by atoms with Gasteiger partial charge in [0.05, 0.1) is 9.77 Å². The first-order chi connectivity index (χ1) is 11.2. The van der Waals surface area contributed by atoms with Gasteiger partial charge in [-0.1, -0.05) is 0 Å². The van der Waals surface area contributed by atoms with Crippen LogP contribution in [0.2, 0.25) is 0 Å². The topological polar surface area (TPSA) is 79.2 Å². The number of halogens is 1. The van der Waals surface area contributed by atoms with Crippen LogP contribution < -0.4 is 9.58 Å². The molecular formula is C15H10IN5O2. The summed E-state index contributed by atoms with van der Waals surface area (Å²) in [6.07, 6.45) is 5.12. The van der Waals surface area contributed by atoms with Gasteiger partial charge in [0.2, 0.25) is 5.65 Å². The summed E-state index contributed by atoms with van der Waals surface area (Å²) < 4.78 is 8.25. The largest absolute Gasteiger partial charge is 0.594 e. The number of hydrogen-bond acceptors (Lipinski definition) is 5. The van der Waals surface area contributed by atoms with E-state index in [2.05, 4.69) is 37.8 Å². The van der Waals surface area contributed by atoms with Crippen molar-refractivity contribution in [2.45, 2.75) is 6.61 Å². The van der Waals surface area contributed by atoms with E-state index < -0.39 is 0 Å². The third kappa shape index (κ3) is 2.54. The summed E-state index contributed by atoms with van der Waals surface area (Å²) >= 11 is 2.10. The summed E-state index contributed by atoms with van der Waals surface area (Å²) in [7, 11) is 0. The SMILES string of the molecule is [O-][n+]1nc2c(I)cnn2c2cc(OCc3ccncc3)ccc21. The van der Waals surface area contributed by atoms with Gasteiger partial charge in [-0.25, -0.2) is 4.52 Å². The Hall–Kier alpha value is -2.49. The summed E-state index contributed by atoms with van der Waals surface area (Å²) in [6, 6.07) is 9.02. The van der Waals surface area contributed by atoms with E-state index >= 15 is 0 Å². The molecule has 7 nitrogen and oxygen atoms in total. The molecule has 0 atom stereocenters. The highest BCUT2D eigenvalue weighted by atomic mass is 127. The first-order valence-corrected chi connectivity index (χ1v) is 7.89. The number of ether oxygens (including phenoxy) is 1. The Kier molecular flexibility index (Phi) is 3.45. The summed E-state index contributed by atoms with van der Waals surface area (Å²) in [5, 5.41) is 20.3. The number of rotatable bonds is 3. The second-order valence-electron chi connectivity index (χ2n) is 4.90. The van der Waals surface area contributed by atoms with Crippen molar-refractivity contribution in [3.8, 4) is 5.75 Å². The maximum Gasteiger partial charge on any atom is 0.270 e. The number of nitrogens with zero attached hydrogens (tertiary/aromatic N) is 5. The normalized spacial score (nSPS) is 11.2. The molecule has 3 aromatic heterocycles. The van der Waals surface area contributed by atoms with Crippen LogP contribution in [0.15, 0.2) is 48.9 Å². The average molecular weight is 419 g/mol. The lowest BCUT2D eigenvalue weighted by Gasteiger charge is -2.07. The Morgan fingerprint density at radius 2 is 2.04 bits per heavy atom. The Bertz CT molecular complexity index is 1000. The Balaban J connectivity index is 1.76. The molecule has 8 heteroatoms. The molecule has 0 saturated heterocycles. The first kappa shape index (κ1) is 14.1. The van der Waals surface area contributed by atoms with Crippen LogP contribution in [0.25, 0.3) is 16.7 Å². The van der Waals surface area contributed by atoms with E-state index in [1.165, 1.54) is 0 Å². The monoisotopic (exact) mass is 419 g/mol. The van der Waals surface area contributed by atoms with Gasteiger partial charge in [0, 0.05) is 29.6 Å². The van der Waals surface area contributed by atoms with Gasteiger partial charge >= 0.3 is 0 Å². The van der Waals surface area contributed by atoms with Crippen LogP contribution in [0.5, 0.6) is 5.75 Å². The molecule has 0 unspecified atom stereocenters. The standard InChI is InChI=1S/C15H10IN5O2/c16-12-8-18-20-14-7-11(23-9-10-3-5-17-6-4-10)1-2-13(14)21(22)19-15(12)20/h1-8H,9H2. The van der Waals surface area contributed by atoms with Crippen molar-refractivity contribution in [1.29, 1.82) is 0 Å². The van der Waals surface area contributed by atoms with Gasteiger partial charge in [-0.15, -0.1) is 0 Å². The summed E-state index contributed by atoms with van der Waals surface area (Å²) in [6.45, 7) is 0.427. The maximum atomic E-state index is 12.0. The van der Waals surface area contributed by atoms with Crippen LogP contribution in [0.1, 0.15) is 5.56 Å². The summed E-state index contributed by atoms with van der Waals surface area (Å²) in [5.74, 6) is 0.660. The van der Waals surface area contributed by atoms with E-state index in [0.717, 1.165) is 9.13 Å². The van der Waals surface area contributed by atoms with Gasteiger partial charge in [-0.05, 0) is 51.2 Å². The molecular weight excluding hydrogens is 409 g/mol. The molecule has 4 aromatic rings. The Labute approximate surface area is 144 Å². The Morgan fingerprint density at radius 3 is 2.87 bits per heavy atom. The summed E-state index contributed by atoms with van der Waals surface area (Å²) in [4.78, 5) is 4.59. The molecule has 0 saturated carbocycles. The van der Waals surface area contributed by atoms with Crippen molar-refractivity contribution < 1.29 is 9.58 Å². The number of hydrogen-bond donors (Lipinski definition) is 0. The van der Waals surface area contributed by atoms with E-state index in [-0.39, 0.29) is 0 Å². The quantitative estimate of drug-likeness (QED) is 0.289. The van der Waals surface area contributed by atoms with Crippen molar-refractivity contribution in [3.05, 3.63) is 63.3 Å². The summed E-state index contributed by atoms with van der Waals surface area (Å²) in [5.41, 5.74) is 2.64. The smallest absolute Gasteiger partial charge is 0.270 e.